The summed E-state index contributed by atoms with van der Waals surface area (Å²) in [6, 6.07) is 2.04. The number of ether oxygens (including phenoxy) is 1. The lowest BCUT2D eigenvalue weighted by Crippen LogP contribution is -2.24. The predicted molar refractivity (Wildman–Crippen MR) is 73.4 cm³/mol. The van der Waals surface area contributed by atoms with E-state index >= 15 is 0 Å². The molecule has 0 atom stereocenters. The first-order valence-corrected chi connectivity index (χ1v) is 6.44. The molecule has 0 aromatic carbocycles. The largest absolute Gasteiger partial charge is 0.373 e. The molecule has 0 spiro atoms. The van der Waals surface area contributed by atoms with E-state index in [0.717, 1.165) is 11.3 Å². The van der Waals surface area contributed by atoms with Crippen LogP contribution in [0.3, 0.4) is 0 Å². The van der Waals surface area contributed by atoms with Gasteiger partial charge in [-0.3, -0.25) is 4.79 Å². The summed E-state index contributed by atoms with van der Waals surface area (Å²) < 4.78 is 6.59. The fraction of sp³-hybridized carbons (Fsp3) is 0.357. The van der Waals surface area contributed by atoms with Crippen LogP contribution in [0.4, 0.5) is 0 Å². The van der Waals surface area contributed by atoms with Crippen molar-refractivity contribution in [2.75, 3.05) is 13.2 Å². The Morgan fingerprint density at radius 3 is 2.95 bits per heavy atom. The zero-order chi connectivity index (χ0) is 14.3. The van der Waals surface area contributed by atoms with Crippen LogP contribution in [0.15, 0.2) is 17.1 Å². The molecule has 102 valence electrons. The van der Waals surface area contributed by atoms with E-state index in [1.807, 2.05) is 26.0 Å². The summed E-state index contributed by atoms with van der Waals surface area (Å²) >= 11 is 0. The average molecular weight is 270 g/mol. The summed E-state index contributed by atoms with van der Waals surface area (Å²) in [7, 11) is 0. The Morgan fingerprint density at radius 1 is 1.55 bits per heavy atom. The Hall–Kier alpha value is -2.39. The van der Waals surface area contributed by atoms with E-state index in [1.54, 1.807) is 0 Å². The molecular weight excluding hydrogens is 256 g/mol. The Bertz CT molecular complexity index is 805. The molecule has 6 nitrogen and oxygen atoms in total. The Labute approximate surface area is 115 Å². The minimum absolute atomic E-state index is 0.0504. The summed E-state index contributed by atoms with van der Waals surface area (Å²) in [5.74, 6) is 0.0504. The Kier molecular flexibility index (Phi) is 2.92. The van der Waals surface area contributed by atoms with E-state index in [4.69, 9.17) is 10.00 Å². The Balaban J connectivity index is 2.39. The van der Waals surface area contributed by atoms with Crippen molar-refractivity contribution in [1.82, 2.24) is 14.6 Å². The quantitative estimate of drug-likeness (QED) is 0.894. The molecule has 3 heterocycles. The number of aromatic amines is 1. The SMILES string of the molecule is CC(C)c1c(C2=CCOC2)[nH]c2c(C#N)cnn2c1=O. The lowest BCUT2D eigenvalue weighted by atomic mass is 9.98. The van der Waals surface area contributed by atoms with Gasteiger partial charge in [-0.2, -0.15) is 14.9 Å². The van der Waals surface area contributed by atoms with Gasteiger partial charge in [-0.1, -0.05) is 19.9 Å². The van der Waals surface area contributed by atoms with E-state index in [9.17, 15) is 4.79 Å². The third-order valence-corrected chi connectivity index (χ3v) is 3.43. The average Bonchev–Trinajstić information content (AvgIpc) is 3.07. The molecule has 0 fully saturated rings. The van der Waals surface area contributed by atoms with Gasteiger partial charge in [0.2, 0.25) is 0 Å². The number of aromatic nitrogens is 3. The molecule has 0 unspecified atom stereocenters. The second kappa shape index (κ2) is 4.62. The second-order valence-corrected chi connectivity index (χ2v) is 5.05. The van der Waals surface area contributed by atoms with E-state index in [0.29, 0.717) is 30.0 Å². The van der Waals surface area contributed by atoms with Gasteiger partial charge < -0.3 is 9.72 Å². The van der Waals surface area contributed by atoms with Crippen molar-refractivity contribution in [2.45, 2.75) is 19.8 Å². The summed E-state index contributed by atoms with van der Waals surface area (Å²) in [5, 5.41) is 13.1. The number of hydrogen-bond acceptors (Lipinski definition) is 4. The molecule has 0 saturated heterocycles. The van der Waals surface area contributed by atoms with Gasteiger partial charge in [-0.15, -0.1) is 0 Å². The van der Waals surface area contributed by atoms with Crippen LogP contribution in [0.5, 0.6) is 0 Å². The minimum Gasteiger partial charge on any atom is -0.373 e. The topological polar surface area (TPSA) is 83.2 Å². The van der Waals surface area contributed by atoms with Crippen LogP contribution in [0.25, 0.3) is 11.2 Å². The van der Waals surface area contributed by atoms with Gasteiger partial charge >= 0.3 is 0 Å². The first kappa shape index (κ1) is 12.6. The summed E-state index contributed by atoms with van der Waals surface area (Å²) in [5.41, 5.74) is 2.99. The van der Waals surface area contributed by atoms with E-state index < -0.39 is 0 Å². The van der Waals surface area contributed by atoms with Gasteiger partial charge in [0.25, 0.3) is 5.56 Å². The van der Waals surface area contributed by atoms with Crippen LogP contribution in [0, 0.1) is 11.3 Å². The molecule has 0 aliphatic carbocycles. The number of nitrogens with zero attached hydrogens (tertiary/aromatic N) is 3. The van der Waals surface area contributed by atoms with Crippen LogP contribution in [-0.2, 0) is 4.74 Å². The number of nitrogens with one attached hydrogen (secondary N) is 1. The highest BCUT2D eigenvalue weighted by atomic mass is 16.5. The fourth-order valence-corrected chi connectivity index (χ4v) is 2.46. The van der Waals surface area contributed by atoms with Gasteiger partial charge in [0, 0.05) is 11.1 Å². The standard InChI is InChI=1S/C14H14N4O2/c1-8(2)11-12(9-3-4-20-7-9)17-13-10(5-15)6-16-18(13)14(11)19/h3,6,8,17H,4,7H2,1-2H3. The second-order valence-electron chi connectivity index (χ2n) is 5.05. The molecule has 20 heavy (non-hydrogen) atoms. The number of fused-ring (bicyclic) bond motifs is 1. The smallest absolute Gasteiger partial charge is 0.278 e. The summed E-state index contributed by atoms with van der Waals surface area (Å²) in [4.78, 5) is 15.8. The van der Waals surface area contributed by atoms with Crippen LogP contribution in [0.1, 0.15) is 36.6 Å². The molecule has 2 aromatic heterocycles. The van der Waals surface area contributed by atoms with E-state index in [2.05, 4.69) is 10.1 Å². The predicted octanol–water partition coefficient (Wildman–Crippen LogP) is 1.43. The Morgan fingerprint density at radius 2 is 2.35 bits per heavy atom. The maximum absolute atomic E-state index is 12.6. The monoisotopic (exact) mass is 270 g/mol. The first-order chi connectivity index (χ1) is 9.63. The van der Waals surface area contributed by atoms with Crippen molar-refractivity contribution in [1.29, 1.82) is 5.26 Å². The normalized spacial score (nSPS) is 14.8. The third-order valence-electron chi connectivity index (χ3n) is 3.43. The van der Waals surface area contributed by atoms with Crippen molar-refractivity contribution in [3.8, 4) is 6.07 Å². The minimum atomic E-state index is -0.182. The van der Waals surface area contributed by atoms with Crippen molar-refractivity contribution in [2.24, 2.45) is 0 Å². The molecule has 1 aliphatic rings. The van der Waals surface area contributed by atoms with Crippen molar-refractivity contribution < 1.29 is 4.74 Å². The molecule has 0 radical (unpaired) electrons. The highest BCUT2D eigenvalue weighted by Crippen LogP contribution is 2.25. The van der Waals surface area contributed by atoms with Gasteiger partial charge in [-0.25, -0.2) is 0 Å². The molecule has 3 rings (SSSR count). The van der Waals surface area contributed by atoms with Gasteiger partial charge in [0.15, 0.2) is 5.65 Å². The highest BCUT2D eigenvalue weighted by Gasteiger charge is 2.21. The molecule has 0 amide bonds. The number of rotatable bonds is 2. The molecule has 1 aliphatic heterocycles. The first-order valence-electron chi connectivity index (χ1n) is 6.44. The van der Waals surface area contributed by atoms with E-state index in [1.165, 1.54) is 10.7 Å². The highest BCUT2D eigenvalue weighted by molar-refractivity contribution is 5.70. The van der Waals surface area contributed by atoms with Crippen LogP contribution >= 0.6 is 0 Å². The van der Waals surface area contributed by atoms with Gasteiger partial charge in [-0.05, 0) is 5.92 Å². The number of hydrogen-bond donors (Lipinski definition) is 1. The van der Waals surface area contributed by atoms with E-state index in [-0.39, 0.29) is 11.5 Å². The molecular formula is C14H14N4O2. The zero-order valence-corrected chi connectivity index (χ0v) is 11.3. The molecule has 2 aromatic rings. The van der Waals surface area contributed by atoms with Crippen LogP contribution < -0.4 is 5.56 Å². The van der Waals surface area contributed by atoms with Crippen molar-refractivity contribution in [3.05, 3.63) is 39.4 Å². The molecule has 1 N–H and O–H groups in total. The molecule has 0 saturated carbocycles. The zero-order valence-electron chi connectivity index (χ0n) is 11.3. The lowest BCUT2D eigenvalue weighted by molar-refractivity contribution is 0.216. The maximum Gasteiger partial charge on any atom is 0.278 e. The lowest BCUT2D eigenvalue weighted by Gasteiger charge is -2.13. The van der Waals surface area contributed by atoms with Gasteiger partial charge in [0.1, 0.15) is 11.6 Å². The van der Waals surface area contributed by atoms with Gasteiger partial charge in [0.05, 0.1) is 25.1 Å². The number of H-pyrrole nitrogens is 1. The number of nitriles is 1. The molecule has 6 heteroatoms. The van der Waals surface area contributed by atoms with Crippen LogP contribution in [-0.4, -0.2) is 27.8 Å². The summed E-state index contributed by atoms with van der Waals surface area (Å²) in [6.45, 7) is 4.95. The third kappa shape index (κ3) is 1.75. The fourth-order valence-electron chi connectivity index (χ4n) is 2.46. The molecule has 0 bridgehead atoms. The van der Waals surface area contributed by atoms with Crippen LogP contribution in [0.2, 0.25) is 0 Å². The van der Waals surface area contributed by atoms with Crippen molar-refractivity contribution in [3.63, 3.8) is 0 Å². The summed E-state index contributed by atoms with van der Waals surface area (Å²) in [6.07, 6.45) is 3.36. The van der Waals surface area contributed by atoms with Crippen molar-refractivity contribution >= 4 is 11.2 Å². The maximum atomic E-state index is 12.6.